The third-order valence-electron chi connectivity index (χ3n) is 2.18. The fourth-order valence-electron chi connectivity index (χ4n) is 1.12. The third kappa shape index (κ3) is 6.40. The first kappa shape index (κ1) is 19.8. The SMILES string of the molecule is FC(F)(F)c1ccc(Cl)nc1.FC(F)(F)c1cnc(Cl)c(Cl)c1. The van der Waals surface area contributed by atoms with Crippen molar-refractivity contribution in [3.05, 3.63) is 57.0 Å². The van der Waals surface area contributed by atoms with Crippen LogP contribution in [0.4, 0.5) is 26.3 Å². The van der Waals surface area contributed by atoms with Gasteiger partial charge in [0.15, 0.2) is 0 Å². The van der Waals surface area contributed by atoms with Crippen molar-refractivity contribution in [1.29, 1.82) is 0 Å². The molecule has 11 heteroatoms. The summed E-state index contributed by atoms with van der Waals surface area (Å²) in [5.41, 5.74) is -1.70. The maximum atomic E-state index is 12.0. The molecule has 0 aliphatic rings. The second-order valence-electron chi connectivity index (χ2n) is 3.86. The topological polar surface area (TPSA) is 25.8 Å². The number of nitrogens with zero attached hydrogens (tertiary/aromatic N) is 2. The highest BCUT2D eigenvalue weighted by atomic mass is 35.5. The molecule has 0 spiro atoms. The smallest absolute Gasteiger partial charge is 0.244 e. The lowest BCUT2D eigenvalue weighted by Gasteiger charge is -2.05. The molecule has 2 heterocycles. The van der Waals surface area contributed by atoms with Gasteiger partial charge in [-0.2, -0.15) is 26.3 Å². The van der Waals surface area contributed by atoms with Crippen molar-refractivity contribution < 1.29 is 26.3 Å². The zero-order chi connectivity index (χ0) is 17.8. The van der Waals surface area contributed by atoms with E-state index in [0.717, 1.165) is 18.2 Å². The van der Waals surface area contributed by atoms with Crippen molar-refractivity contribution in [3.63, 3.8) is 0 Å². The van der Waals surface area contributed by atoms with Gasteiger partial charge < -0.3 is 0 Å². The predicted octanol–water partition coefficient (Wildman–Crippen LogP) is 6.16. The Kier molecular flexibility index (Phi) is 6.49. The van der Waals surface area contributed by atoms with E-state index in [1.165, 1.54) is 0 Å². The van der Waals surface area contributed by atoms with Crippen LogP contribution in [0, 0.1) is 0 Å². The molecule has 0 unspecified atom stereocenters. The van der Waals surface area contributed by atoms with Gasteiger partial charge >= 0.3 is 12.4 Å². The minimum absolute atomic E-state index is 0.0537. The summed E-state index contributed by atoms with van der Waals surface area (Å²) in [6, 6.07) is 2.72. The molecule has 0 bridgehead atoms. The molecular formula is C12H5Cl3F6N2. The van der Waals surface area contributed by atoms with Gasteiger partial charge in [0, 0.05) is 12.4 Å². The van der Waals surface area contributed by atoms with Gasteiger partial charge in [0.25, 0.3) is 0 Å². The van der Waals surface area contributed by atoms with Gasteiger partial charge in [0.05, 0.1) is 16.1 Å². The van der Waals surface area contributed by atoms with Crippen LogP contribution in [0.2, 0.25) is 15.3 Å². The molecule has 0 radical (unpaired) electrons. The Morgan fingerprint density at radius 1 is 0.739 bits per heavy atom. The predicted molar refractivity (Wildman–Crippen MR) is 73.5 cm³/mol. The molecule has 2 nitrogen and oxygen atoms in total. The highest BCUT2D eigenvalue weighted by molar-refractivity contribution is 6.41. The lowest BCUT2D eigenvalue weighted by molar-refractivity contribution is -0.138. The lowest BCUT2D eigenvalue weighted by atomic mass is 10.3. The minimum Gasteiger partial charge on any atom is -0.244 e. The van der Waals surface area contributed by atoms with Crippen LogP contribution < -0.4 is 0 Å². The second-order valence-corrected chi connectivity index (χ2v) is 5.01. The van der Waals surface area contributed by atoms with Gasteiger partial charge in [0.1, 0.15) is 10.3 Å². The quantitative estimate of drug-likeness (QED) is 0.393. The molecule has 2 rings (SSSR count). The average Bonchev–Trinajstić information content (AvgIpc) is 2.41. The van der Waals surface area contributed by atoms with Crippen molar-refractivity contribution in [2.45, 2.75) is 12.4 Å². The minimum atomic E-state index is -4.43. The van der Waals surface area contributed by atoms with Gasteiger partial charge in [0.2, 0.25) is 0 Å². The Morgan fingerprint density at radius 2 is 1.26 bits per heavy atom. The van der Waals surface area contributed by atoms with Crippen LogP contribution >= 0.6 is 34.8 Å². The largest absolute Gasteiger partial charge is 0.417 e. The molecule has 0 N–H and O–H groups in total. The van der Waals surface area contributed by atoms with Crippen LogP contribution in [0.5, 0.6) is 0 Å². The number of hydrogen-bond acceptors (Lipinski definition) is 2. The van der Waals surface area contributed by atoms with Gasteiger partial charge in [-0.05, 0) is 18.2 Å². The maximum Gasteiger partial charge on any atom is 0.417 e. The molecule has 0 amide bonds. The van der Waals surface area contributed by atoms with Gasteiger partial charge in [-0.25, -0.2) is 9.97 Å². The maximum absolute atomic E-state index is 12.0. The lowest BCUT2D eigenvalue weighted by Crippen LogP contribution is -2.05. The molecule has 0 saturated heterocycles. The molecule has 0 atom stereocenters. The highest BCUT2D eigenvalue weighted by Crippen LogP contribution is 2.32. The Bertz CT molecular complexity index is 655. The molecule has 2 aromatic rings. The summed E-state index contributed by atoms with van der Waals surface area (Å²) < 4.78 is 71.4. The summed E-state index contributed by atoms with van der Waals surface area (Å²) >= 11 is 15.9. The molecule has 0 saturated carbocycles. The molecule has 0 aliphatic heterocycles. The molecular weight excluding hydrogens is 392 g/mol. The van der Waals surface area contributed by atoms with E-state index >= 15 is 0 Å². The van der Waals surface area contributed by atoms with E-state index in [9.17, 15) is 26.3 Å². The molecule has 23 heavy (non-hydrogen) atoms. The number of pyridine rings is 2. The first-order chi connectivity index (χ1) is 10.4. The number of rotatable bonds is 0. The Labute approximate surface area is 141 Å². The summed E-state index contributed by atoms with van der Waals surface area (Å²) in [5, 5.41) is -0.283. The average molecular weight is 398 g/mol. The fraction of sp³-hybridized carbons (Fsp3) is 0.167. The monoisotopic (exact) mass is 396 g/mol. The van der Waals surface area contributed by atoms with Crippen LogP contribution in [-0.4, -0.2) is 9.97 Å². The van der Waals surface area contributed by atoms with Gasteiger partial charge in [-0.3, -0.25) is 0 Å². The first-order valence-corrected chi connectivity index (χ1v) is 6.61. The van der Waals surface area contributed by atoms with E-state index in [1.807, 2.05) is 0 Å². The number of aromatic nitrogens is 2. The van der Waals surface area contributed by atoms with Gasteiger partial charge in [-0.1, -0.05) is 34.8 Å². The summed E-state index contributed by atoms with van der Waals surface area (Å²) in [5.74, 6) is 0. The molecule has 0 fully saturated rings. The Morgan fingerprint density at radius 3 is 1.65 bits per heavy atom. The van der Waals surface area contributed by atoms with Crippen LogP contribution in [0.15, 0.2) is 30.6 Å². The zero-order valence-corrected chi connectivity index (χ0v) is 13.0. The van der Waals surface area contributed by atoms with E-state index in [2.05, 4.69) is 9.97 Å². The van der Waals surface area contributed by atoms with E-state index in [1.54, 1.807) is 0 Å². The molecule has 2 aromatic heterocycles. The summed E-state index contributed by atoms with van der Waals surface area (Å²) in [7, 11) is 0. The van der Waals surface area contributed by atoms with Crippen LogP contribution in [0.25, 0.3) is 0 Å². The molecule has 0 aliphatic carbocycles. The Hall–Kier alpha value is -1.25. The van der Waals surface area contributed by atoms with E-state index in [0.29, 0.717) is 12.4 Å². The van der Waals surface area contributed by atoms with Crippen molar-refractivity contribution in [2.75, 3.05) is 0 Å². The summed E-state index contributed by atoms with van der Waals surface area (Å²) in [6.45, 7) is 0. The van der Waals surface area contributed by atoms with Crippen LogP contribution in [-0.2, 0) is 12.4 Å². The first-order valence-electron chi connectivity index (χ1n) is 5.48. The number of hydrogen-bond donors (Lipinski definition) is 0. The van der Waals surface area contributed by atoms with E-state index in [-0.39, 0.29) is 15.3 Å². The second kappa shape index (κ2) is 7.55. The number of halogens is 9. The van der Waals surface area contributed by atoms with E-state index < -0.39 is 23.5 Å². The molecule has 0 aromatic carbocycles. The van der Waals surface area contributed by atoms with Gasteiger partial charge in [-0.15, -0.1) is 0 Å². The third-order valence-corrected chi connectivity index (χ3v) is 3.09. The van der Waals surface area contributed by atoms with Crippen LogP contribution in [0.1, 0.15) is 11.1 Å². The zero-order valence-electron chi connectivity index (χ0n) is 10.7. The summed E-state index contributed by atoms with van der Waals surface area (Å²) in [6.07, 6.45) is -7.44. The summed E-state index contributed by atoms with van der Waals surface area (Å²) in [4.78, 5) is 6.55. The van der Waals surface area contributed by atoms with Crippen molar-refractivity contribution >= 4 is 34.8 Å². The molecule has 126 valence electrons. The van der Waals surface area contributed by atoms with Crippen molar-refractivity contribution in [1.82, 2.24) is 9.97 Å². The Balaban J connectivity index is 0.000000231. The standard InChI is InChI=1S/C6H2Cl2F3N.C6H3ClF3N/c7-4-1-3(6(9,10)11)2-12-5(4)8;7-5-2-1-4(3-11-5)6(8,9)10/h1-2H;1-3H. The number of alkyl halides is 6. The fourth-order valence-corrected chi connectivity index (χ4v) is 1.50. The van der Waals surface area contributed by atoms with Crippen molar-refractivity contribution in [2.24, 2.45) is 0 Å². The normalized spacial score (nSPS) is 11.7. The van der Waals surface area contributed by atoms with E-state index in [4.69, 9.17) is 34.8 Å². The van der Waals surface area contributed by atoms with Crippen LogP contribution in [0.3, 0.4) is 0 Å². The highest BCUT2D eigenvalue weighted by Gasteiger charge is 2.31. The van der Waals surface area contributed by atoms with Crippen molar-refractivity contribution in [3.8, 4) is 0 Å².